The molecule has 0 amide bonds. The maximum atomic E-state index is 8.62. The van der Waals surface area contributed by atoms with E-state index in [-0.39, 0.29) is 5.92 Å². The number of oxime groups is 1. The van der Waals surface area contributed by atoms with Crippen molar-refractivity contribution in [2.24, 2.45) is 5.16 Å². The Bertz CT molecular complexity index is 296. The molecule has 3 heteroatoms. The van der Waals surface area contributed by atoms with Crippen molar-refractivity contribution in [1.29, 1.82) is 0 Å². The minimum atomic E-state index is 0.193. The quantitative estimate of drug-likeness (QED) is 0.455. The van der Waals surface area contributed by atoms with Crippen LogP contribution in [0.1, 0.15) is 17.9 Å². The van der Waals surface area contributed by atoms with Gasteiger partial charge in [-0.25, -0.2) is 0 Å². The van der Waals surface area contributed by atoms with Gasteiger partial charge in [0.25, 0.3) is 0 Å². The maximum absolute atomic E-state index is 8.62. The van der Waals surface area contributed by atoms with Gasteiger partial charge >= 0.3 is 0 Å². The Labute approximate surface area is 91.0 Å². The average Bonchev–Trinajstić information content (AvgIpc) is 2.25. The molecule has 0 radical (unpaired) electrons. The fraction of sp³-hybridized carbons (Fsp3) is 0.417. The van der Waals surface area contributed by atoms with E-state index in [9.17, 15) is 0 Å². The molecule has 1 aromatic carbocycles. The van der Waals surface area contributed by atoms with E-state index >= 15 is 0 Å². The Hall–Kier alpha value is -1.35. The minimum absolute atomic E-state index is 0.193. The summed E-state index contributed by atoms with van der Waals surface area (Å²) in [6.07, 6.45) is 2.56. The molecule has 0 aliphatic rings. The molecule has 0 aromatic heterocycles. The van der Waals surface area contributed by atoms with Crippen LogP contribution in [0, 0.1) is 0 Å². The van der Waals surface area contributed by atoms with Crippen molar-refractivity contribution in [3.8, 4) is 0 Å². The Morgan fingerprint density at radius 1 is 1.33 bits per heavy atom. The van der Waals surface area contributed by atoms with Gasteiger partial charge in [0, 0.05) is 5.92 Å². The third kappa shape index (κ3) is 4.13. The molecule has 3 nitrogen and oxygen atoms in total. The standard InChI is InChI=1S/C12H18N2O/c1-14(2)9-8-12(10-13-15)11-6-4-3-5-7-11/h3-7,10,12,15H,8-9H2,1-2H3/b13-10+. The van der Waals surface area contributed by atoms with Gasteiger partial charge in [0.15, 0.2) is 0 Å². The van der Waals surface area contributed by atoms with Crippen LogP contribution >= 0.6 is 0 Å². The van der Waals surface area contributed by atoms with Crippen molar-refractivity contribution in [3.05, 3.63) is 35.9 Å². The second-order valence-corrected chi connectivity index (χ2v) is 3.87. The number of benzene rings is 1. The number of hydrogen-bond acceptors (Lipinski definition) is 3. The van der Waals surface area contributed by atoms with Gasteiger partial charge in [-0.05, 0) is 32.6 Å². The average molecular weight is 206 g/mol. The normalized spacial score (nSPS) is 13.5. The predicted octanol–water partition coefficient (Wildman–Crippen LogP) is 2.18. The summed E-state index contributed by atoms with van der Waals surface area (Å²) < 4.78 is 0. The fourth-order valence-electron chi connectivity index (χ4n) is 1.51. The lowest BCUT2D eigenvalue weighted by atomic mass is 9.97. The number of nitrogens with zero attached hydrogens (tertiary/aromatic N) is 2. The molecule has 15 heavy (non-hydrogen) atoms. The van der Waals surface area contributed by atoms with Gasteiger partial charge in [-0.2, -0.15) is 0 Å². The molecule has 0 spiro atoms. The molecule has 0 fully saturated rings. The zero-order valence-corrected chi connectivity index (χ0v) is 9.30. The van der Waals surface area contributed by atoms with E-state index in [1.165, 1.54) is 5.56 Å². The van der Waals surface area contributed by atoms with E-state index in [0.717, 1.165) is 13.0 Å². The zero-order chi connectivity index (χ0) is 11.1. The first-order chi connectivity index (χ1) is 7.24. The summed E-state index contributed by atoms with van der Waals surface area (Å²) in [6, 6.07) is 10.1. The molecule has 0 saturated heterocycles. The summed E-state index contributed by atoms with van der Waals surface area (Å²) in [4.78, 5) is 2.13. The highest BCUT2D eigenvalue weighted by Gasteiger charge is 2.08. The summed E-state index contributed by atoms with van der Waals surface area (Å²) in [5.74, 6) is 0.193. The van der Waals surface area contributed by atoms with Crippen LogP contribution in [0.5, 0.6) is 0 Å². The Kier molecular flexibility index (Phi) is 4.84. The molecule has 1 N–H and O–H groups in total. The van der Waals surface area contributed by atoms with E-state index < -0.39 is 0 Å². The largest absolute Gasteiger partial charge is 0.411 e. The Morgan fingerprint density at radius 3 is 2.53 bits per heavy atom. The van der Waals surface area contributed by atoms with Gasteiger partial charge in [-0.3, -0.25) is 0 Å². The van der Waals surface area contributed by atoms with E-state index in [0.29, 0.717) is 0 Å². The van der Waals surface area contributed by atoms with Crippen molar-refractivity contribution >= 4 is 6.21 Å². The zero-order valence-electron chi connectivity index (χ0n) is 9.30. The van der Waals surface area contributed by atoms with Crippen LogP contribution in [0.15, 0.2) is 35.5 Å². The first-order valence-electron chi connectivity index (χ1n) is 5.11. The van der Waals surface area contributed by atoms with E-state index in [1.807, 2.05) is 32.3 Å². The smallest absolute Gasteiger partial charge is 0.0511 e. The molecule has 1 unspecified atom stereocenters. The molecule has 1 atom stereocenters. The van der Waals surface area contributed by atoms with Crippen molar-refractivity contribution in [3.63, 3.8) is 0 Å². The van der Waals surface area contributed by atoms with E-state index in [4.69, 9.17) is 5.21 Å². The maximum Gasteiger partial charge on any atom is 0.0511 e. The molecular formula is C12H18N2O. The summed E-state index contributed by atoms with van der Waals surface area (Å²) in [6.45, 7) is 0.978. The van der Waals surface area contributed by atoms with Crippen LogP contribution in [0.2, 0.25) is 0 Å². The van der Waals surface area contributed by atoms with Crippen molar-refractivity contribution in [2.45, 2.75) is 12.3 Å². The van der Waals surface area contributed by atoms with Crippen molar-refractivity contribution < 1.29 is 5.21 Å². The Balaban J connectivity index is 2.66. The third-order valence-electron chi connectivity index (χ3n) is 2.36. The molecule has 0 heterocycles. The highest BCUT2D eigenvalue weighted by molar-refractivity contribution is 5.67. The van der Waals surface area contributed by atoms with Crippen LogP contribution in [0.25, 0.3) is 0 Å². The van der Waals surface area contributed by atoms with Gasteiger partial charge in [0.05, 0.1) is 6.21 Å². The predicted molar refractivity (Wildman–Crippen MR) is 62.6 cm³/mol. The first-order valence-corrected chi connectivity index (χ1v) is 5.11. The second kappa shape index (κ2) is 6.19. The van der Waals surface area contributed by atoms with Gasteiger partial charge < -0.3 is 10.1 Å². The fourth-order valence-corrected chi connectivity index (χ4v) is 1.51. The summed E-state index contributed by atoms with van der Waals surface area (Å²) in [5, 5.41) is 11.8. The molecule has 1 aromatic rings. The summed E-state index contributed by atoms with van der Waals surface area (Å²) in [7, 11) is 4.08. The Morgan fingerprint density at radius 2 is 2.00 bits per heavy atom. The minimum Gasteiger partial charge on any atom is -0.411 e. The lowest BCUT2D eigenvalue weighted by molar-refractivity contribution is 0.318. The van der Waals surface area contributed by atoms with Crippen LogP contribution in [-0.2, 0) is 0 Å². The van der Waals surface area contributed by atoms with Gasteiger partial charge in [0.2, 0.25) is 0 Å². The molecule has 1 rings (SSSR count). The summed E-state index contributed by atoms with van der Waals surface area (Å²) in [5.41, 5.74) is 1.19. The topological polar surface area (TPSA) is 35.8 Å². The molecule has 82 valence electrons. The van der Waals surface area contributed by atoms with Gasteiger partial charge in [-0.15, -0.1) is 5.16 Å². The van der Waals surface area contributed by atoms with Crippen LogP contribution in [0.3, 0.4) is 0 Å². The summed E-state index contributed by atoms with van der Waals surface area (Å²) >= 11 is 0. The second-order valence-electron chi connectivity index (χ2n) is 3.87. The molecule has 0 saturated carbocycles. The molecule has 0 aliphatic carbocycles. The monoisotopic (exact) mass is 206 g/mol. The van der Waals surface area contributed by atoms with E-state index in [2.05, 4.69) is 22.2 Å². The third-order valence-corrected chi connectivity index (χ3v) is 2.36. The lowest BCUT2D eigenvalue weighted by Crippen LogP contribution is -2.16. The number of hydrogen-bond donors (Lipinski definition) is 1. The lowest BCUT2D eigenvalue weighted by Gasteiger charge is -2.15. The molecule has 0 bridgehead atoms. The van der Waals surface area contributed by atoms with E-state index in [1.54, 1.807) is 6.21 Å². The number of rotatable bonds is 5. The first kappa shape index (κ1) is 11.7. The SMILES string of the molecule is CN(C)CCC(/C=N/O)c1ccccc1. The highest BCUT2D eigenvalue weighted by Crippen LogP contribution is 2.17. The van der Waals surface area contributed by atoms with Crippen LogP contribution in [-0.4, -0.2) is 37.0 Å². The molecule has 0 aliphatic heterocycles. The van der Waals surface area contributed by atoms with Crippen molar-refractivity contribution in [1.82, 2.24) is 4.90 Å². The van der Waals surface area contributed by atoms with Crippen LogP contribution in [0.4, 0.5) is 0 Å². The van der Waals surface area contributed by atoms with Gasteiger partial charge in [0.1, 0.15) is 0 Å². The highest BCUT2D eigenvalue weighted by atomic mass is 16.4. The van der Waals surface area contributed by atoms with Gasteiger partial charge in [-0.1, -0.05) is 30.3 Å². The van der Waals surface area contributed by atoms with Crippen molar-refractivity contribution in [2.75, 3.05) is 20.6 Å². The molecular weight excluding hydrogens is 188 g/mol. The van der Waals surface area contributed by atoms with Crippen LogP contribution < -0.4 is 0 Å².